The highest BCUT2D eigenvalue weighted by Crippen LogP contribution is 2.26. The van der Waals surface area contributed by atoms with Crippen molar-refractivity contribution in [3.05, 3.63) is 35.7 Å². The number of nitrogens with zero attached hydrogens (tertiary/aromatic N) is 3. The second kappa shape index (κ2) is 6.35. The Morgan fingerprint density at radius 1 is 1.45 bits per heavy atom. The van der Waals surface area contributed by atoms with Crippen LogP contribution in [0.25, 0.3) is 0 Å². The Morgan fingerprint density at radius 3 is 2.77 bits per heavy atom. The second-order valence-electron chi connectivity index (χ2n) is 4.97. The van der Waals surface area contributed by atoms with Crippen LogP contribution in [0.15, 0.2) is 29.5 Å². The van der Waals surface area contributed by atoms with Gasteiger partial charge in [0.05, 0.1) is 6.04 Å². The number of rotatable bonds is 4. The van der Waals surface area contributed by atoms with E-state index in [-0.39, 0.29) is 11.9 Å². The van der Waals surface area contributed by atoms with Gasteiger partial charge in [-0.15, -0.1) is 0 Å². The van der Waals surface area contributed by atoms with Crippen LogP contribution in [0.5, 0.6) is 5.88 Å². The summed E-state index contributed by atoms with van der Waals surface area (Å²) in [4.78, 5) is 9.87. The van der Waals surface area contributed by atoms with Crippen molar-refractivity contribution in [3.63, 3.8) is 0 Å². The summed E-state index contributed by atoms with van der Waals surface area (Å²) in [7, 11) is 0. The Morgan fingerprint density at radius 2 is 2.18 bits per heavy atom. The number of nitrogens with two attached hydrogens (primary N) is 1. The van der Waals surface area contributed by atoms with Crippen LogP contribution in [0.3, 0.4) is 0 Å². The summed E-state index contributed by atoms with van der Waals surface area (Å²) < 4.78 is 41.2. The fraction of sp³-hybridized carbons (Fsp3) is 0.429. The van der Waals surface area contributed by atoms with E-state index in [4.69, 9.17) is 10.5 Å². The van der Waals surface area contributed by atoms with Gasteiger partial charge in [0.25, 0.3) is 0 Å². The first-order chi connectivity index (χ1) is 10.3. The van der Waals surface area contributed by atoms with Crippen LogP contribution in [0.4, 0.5) is 13.2 Å². The summed E-state index contributed by atoms with van der Waals surface area (Å²) in [6.45, 7) is 2.21. The summed E-state index contributed by atoms with van der Waals surface area (Å²) in [6, 6.07) is 1.62. The molecule has 2 unspecified atom stereocenters. The molecule has 0 amide bonds. The summed E-state index contributed by atoms with van der Waals surface area (Å²) in [5.74, 6) is -0.0234. The lowest BCUT2D eigenvalue weighted by Gasteiger charge is -2.32. The molecule has 2 heterocycles. The third kappa shape index (κ3) is 3.97. The molecule has 1 aliphatic rings. The first-order valence-electron chi connectivity index (χ1n) is 6.67. The molecule has 1 aromatic heterocycles. The van der Waals surface area contributed by atoms with Crippen molar-refractivity contribution >= 4 is 6.21 Å². The number of hydrogen-bond donors (Lipinski definition) is 1. The normalized spacial score (nSPS) is 19.4. The predicted molar refractivity (Wildman–Crippen MR) is 76.4 cm³/mol. The zero-order valence-electron chi connectivity index (χ0n) is 12.2. The summed E-state index contributed by atoms with van der Waals surface area (Å²) in [6.07, 6.45) is 1.80. The first-order valence-corrected chi connectivity index (χ1v) is 6.67. The van der Waals surface area contributed by atoms with Gasteiger partial charge in [0, 0.05) is 24.2 Å². The van der Waals surface area contributed by atoms with E-state index in [9.17, 15) is 13.2 Å². The molecular weight excluding hydrogens is 297 g/mol. The lowest BCUT2D eigenvalue weighted by Crippen LogP contribution is -2.39. The molecule has 0 spiro atoms. The Bertz CT molecular complexity index is 586. The van der Waals surface area contributed by atoms with Gasteiger partial charge in [-0.05, 0) is 31.6 Å². The van der Waals surface area contributed by atoms with Crippen LogP contribution in [-0.4, -0.2) is 35.2 Å². The molecule has 1 aromatic rings. The van der Waals surface area contributed by atoms with Crippen LogP contribution in [0, 0.1) is 6.92 Å². The topological polar surface area (TPSA) is 63.7 Å². The van der Waals surface area contributed by atoms with Gasteiger partial charge < -0.3 is 9.64 Å². The molecule has 0 radical (unpaired) electrons. The zero-order chi connectivity index (χ0) is 16.3. The fourth-order valence-corrected chi connectivity index (χ4v) is 2.08. The molecule has 2 atom stereocenters. The van der Waals surface area contributed by atoms with E-state index in [1.165, 1.54) is 6.20 Å². The first kappa shape index (κ1) is 16.3. The molecule has 1 aliphatic heterocycles. The minimum atomic E-state index is -4.39. The van der Waals surface area contributed by atoms with Gasteiger partial charge in [0.1, 0.15) is 0 Å². The van der Waals surface area contributed by atoms with E-state index in [0.29, 0.717) is 5.56 Å². The highest BCUT2D eigenvalue weighted by molar-refractivity contribution is 5.71. The van der Waals surface area contributed by atoms with E-state index < -0.39 is 19.1 Å². The van der Waals surface area contributed by atoms with Gasteiger partial charge in [-0.25, -0.2) is 4.98 Å². The Labute approximate surface area is 126 Å². The van der Waals surface area contributed by atoms with Crippen molar-refractivity contribution in [2.75, 3.05) is 6.61 Å². The number of aryl methyl sites for hydroxylation is 1. The molecule has 22 heavy (non-hydrogen) atoms. The zero-order valence-corrected chi connectivity index (χ0v) is 12.2. The summed E-state index contributed by atoms with van der Waals surface area (Å²) in [5.41, 5.74) is 7.24. The maximum absolute atomic E-state index is 12.2. The highest BCUT2D eigenvalue weighted by atomic mass is 19.4. The van der Waals surface area contributed by atoms with Crippen molar-refractivity contribution in [3.8, 4) is 5.88 Å². The van der Waals surface area contributed by atoms with Gasteiger partial charge in [0.2, 0.25) is 5.88 Å². The van der Waals surface area contributed by atoms with Crippen molar-refractivity contribution in [1.29, 1.82) is 0 Å². The van der Waals surface area contributed by atoms with E-state index in [2.05, 4.69) is 9.98 Å². The molecule has 0 bridgehead atoms. The monoisotopic (exact) mass is 314 g/mol. The maximum Gasteiger partial charge on any atom is 0.422 e. The molecule has 0 aromatic carbocycles. The van der Waals surface area contributed by atoms with Gasteiger partial charge in [-0.3, -0.25) is 10.7 Å². The predicted octanol–water partition coefficient (Wildman–Crippen LogP) is 2.53. The number of alkyl halides is 3. The van der Waals surface area contributed by atoms with Gasteiger partial charge in [-0.1, -0.05) is 0 Å². The van der Waals surface area contributed by atoms with Crippen LogP contribution in [0.2, 0.25) is 0 Å². The van der Waals surface area contributed by atoms with Crippen LogP contribution in [-0.2, 0) is 0 Å². The number of allylic oxidation sites excluding steroid dienone is 1. The Kier molecular flexibility index (Phi) is 4.70. The number of pyridine rings is 1. The molecule has 0 fully saturated rings. The quantitative estimate of drug-likeness (QED) is 0.927. The highest BCUT2D eigenvalue weighted by Gasteiger charge is 2.29. The average Bonchev–Trinajstić information content (AvgIpc) is 2.45. The third-order valence-corrected chi connectivity index (χ3v) is 3.24. The van der Waals surface area contributed by atoms with Crippen molar-refractivity contribution in [2.24, 2.45) is 10.7 Å². The van der Waals surface area contributed by atoms with E-state index in [1.807, 2.05) is 18.0 Å². The van der Waals surface area contributed by atoms with Gasteiger partial charge in [-0.2, -0.15) is 13.2 Å². The molecule has 5 nitrogen and oxygen atoms in total. The number of ether oxygens (including phenoxy) is 1. The van der Waals surface area contributed by atoms with E-state index in [0.717, 1.165) is 5.56 Å². The smallest absolute Gasteiger partial charge is 0.422 e. The number of hydrogen-bond acceptors (Lipinski definition) is 5. The van der Waals surface area contributed by atoms with Crippen molar-refractivity contribution < 1.29 is 17.9 Å². The molecule has 2 N–H and O–H groups in total. The molecule has 2 rings (SSSR count). The molecule has 0 saturated carbocycles. The lowest BCUT2D eigenvalue weighted by atomic mass is 10.1. The molecule has 0 saturated heterocycles. The molecule has 0 aliphatic carbocycles. The van der Waals surface area contributed by atoms with Crippen LogP contribution in [0.1, 0.15) is 24.1 Å². The van der Waals surface area contributed by atoms with Crippen LogP contribution < -0.4 is 10.5 Å². The number of aromatic nitrogens is 1. The average molecular weight is 314 g/mol. The fourth-order valence-electron chi connectivity index (χ4n) is 2.08. The summed E-state index contributed by atoms with van der Waals surface area (Å²) in [5, 5.41) is 0. The minimum absolute atomic E-state index is 0.0234. The summed E-state index contributed by atoms with van der Waals surface area (Å²) >= 11 is 0. The van der Waals surface area contributed by atoms with Crippen molar-refractivity contribution in [1.82, 2.24) is 9.88 Å². The SMILES string of the molecule is Cc1cc(C(C)N2C=CC=NC2N)cnc1OCC(F)(F)F. The number of halogens is 3. The lowest BCUT2D eigenvalue weighted by molar-refractivity contribution is -0.154. The number of aliphatic imine (C=N–C) groups is 1. The standard InChI is InChI=1S/C14H17F3N4O/c1-9-6-11(7-20-12(9)22-8-14(15,16)17)10(2)21-5-3-4-19-13(21)18/h3-7,10,13H,8,18H2,1-2H3. The Balaban J connectivity index is 2.11. The Hall–Kier alpha value is -2.09. The van der Waals surface area contributed by atoms with Crippen molar-refractivity contribution in [2.45, 2.75) is 32.4 Å². The molecule has 8 heteroatoms. The largest absolute Gasteiger partial charge is 0.468 e. The van der Waals surface area contributed by atoms with E-state index >= 15 is 0 Å². The maximum atomic E-state index is 12.2. The third-order valence-electron chi connectivity index (χ3n) is 3.24. The van der Waals surface area contributed by atoms with Crippen LogP contribution >= 0.6 is 0 Å². The van der Waals surface area contributed by atoms with E-state index in [1.54, 1.807) is 25.3 Å². The minimum Gasteiger partial charge on any atom is -0.468 e. The molecular formula is C14H17F3N4O. The second-order valence-corrected chi connectivity index (χ2v) is 4.97. The van der Waals surface area contributed by atoms with Gasteiger partial charge >= 0.3 is 6.18 Å². The molecule has 120 valence electrons. The van der Waals surface area contributed by atoms with Gasteiger partial charge in [0.15, 0.2) is 12.9 Å².